The molecule has 0 spiro atoms. The van der Waals surface area contributed by atoms with Crippen molar-refractivity contribution in [2.75, 3.05) is 19.6 Å². The topological polar surface area (TPSA) is 91.6 Å². The average Bonchev–Trinajstić information content (AvgIpc) is 3.26. The predicted octanol–water partition coefficient (Wildman–Crippen LogP) is 0.699. The van der Waals surface area contributed by atoms with Crippen LogP contribution in [0, 0.1) is 0 Å². The van der Waals surface area contributed by atoms with Crippen molar-refractivity contribution < 1.29 is 9.59 Å². The molecule has 1 aromatic carbocycles. The van der Waals surface area contributed by atoms with Gasteiger partial charge in [-0.25, -0.2) is 0 Å². The number of fused-ring (bicyclic) bond motifs is 1. The van der Waals surface area contributed by atoms with E-state index in [0.717, 1.165) is 18.7 Å². The Balaban J connectivity index is 1.37. The molecule has 2 N–H and O–H groups in total. The fraction of sp³-hybridized carbons (Fsp3) is 0.300. The van der Waals surface area contributed by atoms with E-state index >= 15 is 0 Å². The number of hydrogen-bond acceptors (Lipinski definition) is 5. The van der Waals surface area contributed by atoms with Crippen LogP contribution in [0.1, 0.15) is 16.8 Å². The SMILES string of the molecule is O=C(NC1CCN(C2CNC2)C1=O)c1ccc2nnc(-c3ccccc3)n2c1. The monoisotopic (exact) mass is 376 g/mol. The van der Waals surface area contributed by atoms with Gasteiger partial charge in [-0.3, -0.25) is 14.0 Å². The van der Waals surface area contributed by atoms with Crippen LogP contribution >= 0.6 is 0 Å². The molecule has 8 heteroatoms. The molecule has 0 aliphatic carbocycles. The maximum Gasteiger partial charge on any atom is 0.253 e. The molecule has 0 radical (unpaired) electrons. The molecule has 5 rings (SSSR count). The van der Waals surface area contributed by atoms with Gasteiger partial charge in [-0.2, -0.15) is 0 Å². The lowest BCUT2D eigenvalue weighted by atomic mass is 10.1. The van der Waals surface area contributed by atoms with Crippen LogP contribution in [-0.4, -0.2) is 63.0 Å². The largest absolute Gasteiger partial charge is 0.340 e. The third-order valence-electron chi connectivity index (χ3n) is 5.44. The normalized spacial score (nSPS) is 19.8. The molecule has 1 unspecified atom stereocenters. The average molecular weight is 376 g/mol. The van der Waals surface area contributed by atoms with Crippen molar-refractivity contribution in [3.8, 4) is 11.4 Å². The Morgan fingerprint density at radius 1 is 1.11 bits per heavy atom. The van der Waals surface area contributed by atoms with Crippen molar-refractivity contribution in [3.05, 3.63) is 54.2 Å². The van der Waals surface area contributed by atoms with Crippen molar-refractivity contribution in [1.29, 1.82) is 0 Å². The van der Waals surface area contributed by atoms with E-state index in [4.69, 9.17) is 0 Å². The van der Waals surface area contributed by atoms with Crippen molar-refractivity contribution in [1.82, 2.24) is 30.1 Å². The molecule has 2 amide bonds. The van der Waals surface area contributed by atoms with Crippen molar-refractivity contribution in [2.24, 2.45) is 0 Å². The van der Waals surface area contributed by atoms with Gasteiger partial charge in [0.1, 0.15) is 6.04 Å². The third kappa shape index (κ3) is 2.82. The number of benzene rings is 1. The van der Waals surface area contributed by atoms with E-state index in [-0.39, 0.29) is 17.9 Å². The van der Waals surface area contributed by atoms with Gasteiger partial charge < -0.3 is 15.5 Å². The number of nitrogens with one attached hydrogen (secondary N) is 2. The highest BCUT2D eigenvalue weighted by atomic mass is 16.2. The van der Waals surface area contributed by atoms with Gasteiger partial charge in [0.2, 0.25) is 5.91 Å². The summed E-state index contributed by atoms with van der Waals surface area (Å²) < 4.78 is 1.80. The van der Waals surface area contributed by atoms with Crippen LogP contribution in [0.2, 0.25) is 0 Å². The molecule has 2 saturated heterocycles. The molecule has 3 aromatic rings. The molecule has 2 aromatic heterocycles. The molecular weight excluding hydrogens is 356 g/mol. The molecule has 2 aliphatic heterocycles. The van der Waals surface area contributed by atoms with Crippen LogP contribution in [0.5, 0.6) is 0 Å². The molecule has 28 heavy (non-hydrogen) atoms. The van der Waals surface area contributed by atoms with Gasteiger partial charge in [-0.1, -0.05) is 30.3 Å². The van der Waals surface area contributed by atoms with Gasteiger partial charge in [-0.05, 0) is 18.6 Å². The predicted molar refractivity (Wildman–Crippen MR) is 103 cm³/mol. The van der Waals surface area contributed by atoms with Gasteiger partial charge in [-0.15, -0.1) is 10.2 Å². The second kappa shape index (κ2) is 6.72. The zero-order valence-electron chi connectivity index (χ0n) is 15.2. The summed E-state index contributed by atoms with van der Waals surface area (Å²) in [4.78, 5) is 27.2. The minimum atomic E-state index is -0.460. The van der Waals surface area contributed by atoms with Gasteiger partial charge in [0.15, 0.2) is 11.5 Å². The van der Waals surface area contributed by atoms with Crippen LogP contribution in [-0.2, 0) is 4.79 Å². The van der Waals surface area contributed by atoms with Crippen LogP contribution in [0.15, 0.2) is 48.7 Å². The lowest BCUT2D eigenvalue weighted by Gasteiger charge is -2.35. The molecule has 1 atom stereocenters. The Bertz CT molecular complexity index is 1040. The van der Waals surface area contributed by atoms with E-state index in [2.05, 4.69) is 20.8 Å². The van der Waals surface area contributed by atoms with Crippen molar-refractivity contribution in [3.63, 3.8) is 0 Å². The summed E-state index contributed by atoms with van der Waals surface area (Å²) in [5.41, 5.74) is 2.06. The minimum absolute atomic E-state index is 0.00944. The highest BCUT2D eigenvalue weighted by Gasteiger charge is 2.38. The quantitative estimate of drug-likeness (QED) is 0.699. The van der Waals surface area contributed by atoms with Crippen LogP contribution in [0.25, 0.3) is 17.0 Å². The van der Waals surface area contributed by atoms with E-state index < -0.39 is 6.04 Å². The summed E-state index contributed by atoms with van der Waals surface area (Å²) in [6.45, 7) is 2.36. The van der Waals surface area contributed by atoms with Gasteiger partial charge >= 0.3 is 0 Å². The highest BCUT2D eigenvalue weighted by molar-refractivity contribution is 5.98. The second-order valence-corrected chi connectivity index (χ2v) is 7.19. The molecule has 0 saturated carbocycles. The maximum atomic E-state index is 12.8. The number of carbonyl (C=O) groups is 2. The Morgan fingerprint density at radius 3 is 2.68 bits per heavy atom. The Morgan fingerprint density at radius 2 is 1.93 bits per heavy atom. The number of carbonyl (C=O) groups excluding carboxylic acids is 2. The number of rotatable bonds is 4. The Hall–Kier alpha value is -3.26. The van der Waals surface area contributed by atoms with Crippen molar-refractivity contribution >= 4 is 17.5 Å². The lowest BCUT2D eigenvalue weighted by molar-refractivity contribution is -0.132. The summed E-state index contributed by atoms with van der Waals surface area (Å²) in [5, 5.41) is 14.5. The number of nitrogens with zero attached hydrogens (tertiary/aromatic N) is 4. The van der Waals surface area contributed by atoms with Gasteiger partial charge in [0.05, 0.1) is 11.6 Å². The zero-order valence-corrected chi connectivity index (χ0v) is 15.2. The van der Waals surface area contributed by atoms with Crippen LogP contribution in [0.3, 0.4) is 0 Å². The molecule has 0 bridgehead atoms. The fourth-order valence-electron chi connectivity index (χ4n) is 3.74. The highest BCUT2D eigenvalue weighted by Crippen LogP contribution is 2.20. The number of hydrogen-bond donors (Lipinski definition) is 2. The number of pyridine rings is 1. The molecule has 142 valence electrons. The van der Waals surface area contributed by atoms with Crippen LogP contribution in [0.4, 0.5) is 0 Å². The molecule has 2 aliphatic rings. The van der Waals surface area contributed by atoms with Gasteiger partial charge in [0.25, 0.3) is 5.91 Å². The molecular formula is C20H20N6O2. The standard InChI is InChI=1S/C20H20N6O2/c27-19(22-16-8-9-25(20(16)28)15-10-21-11-15)14-6-7-17-23-24-18(26(17)12-14)13-4-2-1-3-5-13/h1-7,12,15-16,21H,8-11H2,(H,22,27). The maximum absolute atomic E-state index is 12.8. The minimum Gasteiger partial charge on any atom is -0.340 e. The first kappa shape index (κ1) is 16.9. The number of likely N-dealkylation sites (tertiary alicyclic amines) is 1. The first-order valence-electron chi connectivity index (χ1n) is 9.43. The first-order valence-corrected chi connectivity index (χ1v) is 9.43. The van der Waals surface area contributed by atoms with Crippen LogP contribution < -0.4 is 10.6 Å². The van der Waals surface area contributed by atoms with Gasteiger partial charge in [0, 0.05) is 31.4 Å². The fourth-order valence-corrected chi connectivity index (χ4v) is 3.74. The Labute approximate surface area is 161 Å². The Kier molecular flexibility index (Phi) is 4.05. The smallest absolute Gasteiger partial charge is 0.253 e. The number of aromatic nitrogens is 3. The van der Waals surface area contributed by atoms with Crippen molar-refractivity contribution in [2.45, 2.75) is 18.5 Å². The first-order chi connectivity index (χ1) is 13.7. The number of amides is 2. The lowest BCUT2D eigenvalue weighted by Crippen LogP contribution is -2.58. The second-order valence-electron chi connectivity index (χ2n) is 7.19. The summed E-state index contributed by atoms with van der Waals surface area (Å²) in [7, 11) is 0. The zero-order chi connectivity index (χ0) is 19.1. The van der Waals surface area contributed by atoms with E-state index in [1.165, 1.54) is 0 Å². The van der Waals surface area contributed by atoms with E-state index in [9.17, 15) is 9.59 Å². The van der Waals surface area contributed by atoms with E-state index in [0.29, 0.717) is 30.0 Å². The van der Waals surface area contributed by atoms with E-state index in [1.54, 1.807) is 22.7 Å². The summed E-state index contributed by atoms with van der Waals surface area (Å²) in [6.07, 6.45) is 2.37. The molecule has 4 heterocycles. The molecule has 2 fully saturated rings. The third-order valence-corrected chi connectivity index (χ3v) is 5.44. The van der Waals surface area contributed by atoms with E-state index in [1.807, 2.05) is 35.2 Å². The summed E-state index contributed by atoms with van der Waals surface area (Å²) >= 11 is 0. The summed E-state index contributed by atoms with van der Waals surface area (Å²) in [5.74, 6) is 0.419. The summed E-state index contributed by atoms with van der Waals surface area (Å²) in [6, 6.07) is 13.0. The molecule has 8 nitrogen and oxygen atoms in total.